The highest BCUT2D eigenvalue weighted by Crippen LogP contribution is 2.38. The molecular formula is C15H12BrClFN. The van der Waals surface area contributed by atoms with Gasteiger partial charge >= 0.3 is 0 Å². The Labute approximate surface area is 125 Å². The Morgan fingerprint density at radius 1 is 1.16 bits per heavy atom. The van der Waals surface area contributed by atoms with Crippen LogP contribution in [0.3, 0.4) is 0 Å². The molecule has 98 valence electrons. The van der Waals surface area contributed by atoms with Crippen LogP contribution in [0.25, 0.3) is 0 Å². The van der Waals surface area contributed by atoms with E-state index in [9.17, 15) is 4.39 Å². The van der Waals surface area contributed by atoms with Crippen molar-refractivity contribution in [1.29, 1.82) is 0 Å². The average Bonchev–Trinajstić information content (AvgIpc) is 2.81. The summed E-state index contributed by atoms with van der Waals surface area (Å²) < 4.78 is 13.4. The fraction of sp³-hybridized carbons (Fsp3) is 0.200. The molecule has 0 unspecified atom stereocenters. The number of nitrogens with zero attached hydrogens (tertiary/aromatic N) is 1. The lowest BCUT2D eigenvalue weighted by Gasteiger charge is -2.21. The smallest absolute Gasteiger partial charge is 0.125 e. The molecule has 0 aliphatic carbocycles. The minimum atomic E-state index is -0.209. The molecule has 0 saturated heterocycles. The van der Waals surface area contributed by atoms with Crippen LogP contribution in [0.4, 0.5) is 15.8 Å². The van der Waals surface area contributed by atoms with Gasteiger partial charge in [-0.05, 0) is 41.8 Å². The van der Waals surface area contributed by atoms with Crippen LogP contribution in [-0.4, -0.2) is 6.54 Å². The second kappa shape index (κ2) is 5.14. The van der Waals surface area contributed by atoms with E-state index in [1.54, 1.807) is 6.07 Å². The van der Waals surface area contributed by atoms with Crippen molar-refractivity contribution in [2.45, 2.75) is 11.8 Å². The van der Waals surface area contributed by atoms with Crippen LogP contribution in [0.15, 0.2) is 36.4 Å². The number of benzene rings is 2. The zero-order valence-corrected chi connectivity index (χ0v) is 12.5. The Kier molecular flexibility index (Phi) is 3.50. The Bertz CT molecular complexity index is 630. The Morgan fingerprint density at radius 2 is 2.00 bits per heavy atom. The zero-order chi connectivity index (χ0) is 13.4. The highest BCUT2D eigenvalue weighted by atomic mass is 79.9. The molecule has 19 heavy (non-hydrogen) atoms. The molecule has 0 radical (unpaired) electrons. The molecule has 1 nitrogen and oxygen atoms in total. The van der Waals surface area contributed by atoms with Gasteiger partial charge in [-0.2, -0.15) is 0 Å². The first kappa shape index (κ1) is 12.9. The van der Waals surface area contributed by atoms with Crippen LogP contribution in [0.2, 0.25) is 5.02 Å². The molecule has 0 fully saturated rings. The van der Waals surface area contributed by atoms with Crippen LogP contribution < -0.4 is 4.90 Å². The van der Waals surface area contributed by atoms with Crippen LogP contribution in [-0.2, 0) is 11.8 Å². The fourth-order valence-corrected chi connectivity index (χ4v) is 3.11. The van der Waals surface area contributed by atoms with E-state index in [0.717, 1.165) is 35.2 Å². The van der Waals surface area contributed by atoms with Gasteiger partial charge in [0.15, 0.2) is 0 Å². The number of anilines is 2. The molecule has 1 aliphatic heterocycles. The summed E-state index contributed by atoms with van der Waals surface area (Å²) in [5.41, 5.74) is 4.17. The standard InChI is InChI=1S/C15H12BrClFN/c16-9-10-1-4-14(13(17)7-10)19-6-5-11-2-3-12(18)8-15(11)19/h1-4,7-8H,5-6,9H2. The molecule has 2 aromatic rings. The SMILES string of the molecule is Fc1ccc2c(c1)N(c1ccc(CBr)cc1Cl)CC2. The molecule has 4 heteroatoms. The van der Waals surface area contributed by atoms with Gasteiger partial charge in [-0.15, -0.1) is 0 Å². The number of fused-ring (bicyclic) bond motifs is 1. The summed E-state index contributed by atoms with van der Waals surface area (Å²) in [5, 5.41) is 1.48. The zero-order valence-electron chi connectivity index (χ0n) is 10.2. The lowest BCUT2D eigenvalue weighted by atomic mass is 10.1. The van der Waals surface area contributed by atoms with E-state index in [1.807, 2.05) is 24.3 Å². The highest BCUT2D eigenvalue weighted by molar-refractivity contribution is 9.08. The predicted octanol–water partition coefficient (Wildman–Crippen LogP) is 5.07. The first-order valence-electron chi connectivity index (χ1n) is 6.09. The van der Waals surface area contributed by atoms with E-state index >= 15 is 0 Å². The molecule has 3 rings (SSSR count). The number of rotatable bonds is 2. The predicted molar refractivity (Wildman–Crippen MR) is 81.2 cm³/mol. The van der Waals surface area contributed by atoms with E-state index in [1.165, 1.54) is 11.6 Å². The van der Waals surface area contributed by atoms with Crippen molar-refractivity contribution in [2.24, 2.45) is 0 Å². The molecule has 0 atom stereocenters. The van der Waals surface area contributed by atoms with Crippen molar-refractivity contribution in [3.05, 3.63) is 58.4 Å². The minimum absolute atomic E-state index is 0.209. The summed E-state index contributed by atoms with van der Waals surface area (Å²) in [5.74, 6) is -0.209. The monoisotopic (exact) mass is 339 g/mol. The van der Waals surface area contributed by atoms with E-state index in [0.29, 0.717) is 5.02 Å². The van der Waals surface area contributed by atoms with Crippen molar-refractivity contribution >= 4 is 38.9 Å². The van der Waals surface area contributed by atoms with Gasteiger partial charge in [-0.25, -0.2) is 4.39 Å². The molecule has 0 bridgehead atoms. The highest BCUT2D eigenvalue weighted by Gasteiger charge is 2.22. The van der Waals surface area contributed by atoms with E-state index in [-0.39, 0.29) is 5.82 Å². The van der Waals surface area contributed by atoms with Gasteiger partial charge in [0.2, 0.25) is 0 Å². The summed E-state index contributed by atoms with van der Waals surface area (Å²) in [6.07, 6.45) is 0.923. The maximum absolute atomic E-state index is 13.4. The van der Waals surface area contributed by atoms with Crippen LogP contribution in [0, 0.1) is 5.82 Å². The van der Waals surface area contributed by atoms with Gasteiger partial charge in [0.25, 0.3) is 0 Å². The minimum Gasteiger partial charge on any atom is -0.340 e. The molecule has 2 aromatic carbocycles. The second-order valence-corrected chi connectivity index (χ2v) is 5.56. The fourth-order valence-electron chi connectivity index (χ4n) is 2.46. The van der Waals surface area contributed by atoms with Crippen LogP contribution in [0.5, 0.6) is 0 Å². The number of alkyl halides is 1. The number of halogens is 3. The third-order valence-electron chi connectivity index (χ3n) is 3.40. The van der Waals surface area contributed by atoms with Crippen molar-refractivity contribution in [3.63, 3.8) is 0 Å². The largest absolute Gasteiger partial charge is 0.340 e. The van der Waals surface area contributed by atoms with E-state index in [2.05, 4.69) is 20.8 Å². The van der Waals surface area contributed by atoms with Gasteiger partial charge in [0.05, 0.1) is 10.7 Å². The molecule has 0 aromatic heterocycles. The van der Waals surface area contributed by atoms with E-state index in [4.69, 9.17) is 11.6 Å². The van der Waals surface area contributed by atoms with E-state index < -0.39 is 0 Å². The number of hydrogen-bond donors (Lipinski definition) is 0. The van der Waals surface area contributed by atoms with Gasteiger partial charge < -0.3 is 4.90 Å². The van der Waals surface area contributed by atoms with Gasteiger partial charge in [-0.3, -0.25) is 0 Å². The summed E-state index contributed by atoms with van der Waals surface area (Å²) in [4.78, 5) is 2.08. The molecular weight excluding hydrogens is 329 g/mol. The molecule has 1 aliphatic rings. The molecule has 0 N–H and O–H groups in total. The maximum Gasteiger partial charge on any atom is 0.125 e. The lowest BCUT2D eigenvalue weighted by Crippen LogP contribution is -2.13. The maximum atomic E-state index is 13.4. The van der Waals surface area contributed by atoms with Crippen molar-refractivity contribution < 1.29 is 4.39 Å². The summed E-state index contributed by atoms with van der Waals surface area (Å²) >= 11 is 9.75. The first-order valence-corrected chi connectivity index (χ1v) is 7.59. The third-order valence-corrected chi connectivity index (χ3v) is 4.35. The normalized spacial score (nSPS) is 13.7. The Balaban J connectivity index is 2.04. The second-order valence-electron chi connectivity index (χ2n) is 4.59. The van der Waals surface area contributed by atoms with Crippen LogP contribution >= 0.6 is 27.5 Å². The summed E-state index contributed by atoms with van der Waals surface area (Å²) in [7, 11) is 0. The van der Waals surface area contributed by atoms with Crippen molar-refractivity contribution in [1.82, 2.24) is 0 Å². The van der Waals surface area contributed by atoms with Crippen molar-refractivity contribution in [2.75, 3.05) is 11.4 Å². The molecule has 1 heterocycles. The van der Waals surface area contributed by atoms with Crippen LogP contribution in [0.1, 0.15) is 11.1 Å². The summed E-state index contributed by atoms with van der Waals surface area (Å²) in [6, 6.07) is 10.9. The number of hydrogen-bond acceptors (Lipinski definition) is 1. The lowest BCUT2D eigenvalue weighted by molar-refractivity contribution is 0.628. The van der Waals surface area contributed by atoms with Gasteiger partial charge in [0, 0.05) is 17.6 Å². The molecule has 0 saturated carbocycles. The quantitative estimate of drug-likeness (QED) is 0.690. The topological polar surface area (TPSA) is 3.24 Å². The Morgan fingerprint density at radius 3 is 2.74 bits per heavy atom. The Hall–Kier alpha value is -1.06. The summed E-state index contributed by atoms with van der Waals surface area (Å²) in [6.45, 7) is 0.839. The van der Waals surface area contributed by atoms with Crippen molar-refractivity contribution in [3.8, 4) is 0 Å². The average molecular weight is 341 g/mol. The van der Waals surface area contributed by atoms with Gasteiger partial charge in [0.1, 0.15) is 5.82 Å². The first-order chi connectivity index (χ1) is 9.19. The van der Waals surface area contributed by atoms with Gasteiger partial charge in [-0.1, -0.05) is 39.7 Å². The molecule has 0 amide bonds. The molecule has 0 spiro atoms. The third kappa shape index (κ3) is 2.37.